The van der Waals surface area contributed by atoms with Crippen molar-refractivity contribution < 1.29 is 9.90 Å². The highest BCUT2D eigenvalue weighted by Crippen LogP contribution is 2.18. The minimum atomic E-state index is -0.642. The Kier molecular flexibility index (Phi) is 7.14. The van der Waals surface area contributed by atoms with Gasteiger partial charge in [-0.2, -0.15) is 11.8 Å². The fraction of sp³-hybridized carbons (Fsp3) is 0.900. The van der Waals surface area contributed by atoms with Crippen LogP contribution >= 0.6 is 11.8 Å². The van der Waals surface area contributed by atoms with Gasteiger partial charge in [0.1, 0.15) is 0 Å². The lowest BCUT2D eigenvalue weighted by Crippen LogP contribution is -2.19. The van der Waals surface area contributed by atoms with Gasteiger partial charge in [-0.1, -0.05) is 20.8 Å². The molecule has 0 aliphatic rings. The van der Waals surface area contributed by atoms with E-state index in [1.165, 1.54) is 0 Å². The first-order valence-corrected chi connectivity index (χ1v) is 6.05. The van der Waals surface area contributed by atoms with Crippen LogP contribution in [-0.4, -0.2) is 22.6 Å². The Morgan fingerprint density at radius 2 is 2.08 bits per heavy atom. The Labute approximate surface area is 85.1 Å². The second-order valence-corrected chi connectivity index (χ2v) is 4.92. The average Bonchev–Trinajstić information content (AvgIpc) is 2.02. The van der Waals surface area contributed by atoms with Crippen molar-refractivity contribution in [3.8, 4) is 0 Å². The van der Waals surface area contributed by atoms with Crippen LogP contribution in [0.5, 0.6) is 0 Å². The molecule has 0 spiro atoms. The van der Waals surface area contributed by atoms with E-state index in [1.807, 2.05) is 25.6 Å². The molecule has 0 saturated heterocycles. The van der Waals surface area contributed by atoms with Crippen molar-refractivity contribution in [2.24, 2.45) is 11.8 Å². The maximum Gasteiger partial charge on any atom is 0.306 e. The molecule has 2 nitrogen and oxygen atoms in total. The van der Waals surface area contributed by atoms with Gasteiger partial charge in [0.15, 0.2) is 0 Å². The topological polar surface area (TPSA) is 37.3 Å². The minimum Gasteiger partial charge on any atom is -0.481 e. The summed E-state index contributed by atoms with van der Waals surface area (Å²) in [6.07, 6.45) is 1.84. The van der Waals surface area contributed by atoms with E-state index in [0.29, 0.717) is 0 Å². The van der Waals surface area contributed by atoms with Gasteiger partial charge in [0, 0.05) is 0 Å². The average molecular weight is 204 g/mol. The highest BCUT2D eigenvalue weighted by molar-refractivity contribution is 7.99. The Morgan fingerprint density at radius 3 is 2.46 bits per heavy atom. The largest absolute Gasteiger partial charge is 0.481 e. The smallest absolute Gasteiger partial charge is 0.306 e. The van der Waals surface area contributed by atoms with Crippen LogP contribution in [0.15, 0.2) is 0 Å². The van der Waals surface area contributed by atoms with E-state index in [0.717, 1.165) is 24.3 Å². The molecule has 1 atom stereocenters. The fourth-order valence-electron chi connectivity index (χ4n) is 1.29. The molecule has 0 heterocycles. The lowest BCUT2D eigenvalue weighted by molar-refractivity contribution is -0.143. The monoisotopic (exact) mass is 204 g/mol. The third-order valence-corrected chi connectivity index (χ3v) is 3.12. The van der Waals surface area contributed by atoms with Gasteiger partial charge in [-0.15, -0.1) is 0 Å². The summed E-state index contributed by atoms with van der Waals surface area (Å²) < 4.78 is 0. The molecule has 0 aromatic rings. The van der Waals surface area contributed by atoms with Gasteiger partial charge in [0.05, 0.1) is 5.92 Å². The van der Waals surface area contributed by atoms with Crippen LogP contribution in [0.25, 0.3) is 0 Å². The van der Waals surface area contributed by atoms with Crippen LogP contribution < -0.4 is 0 Å². The number of hydrogen-bond donors (Lipinski definition) is 1. The van der Waals surface area contributed by atoms with Gasteiger partial charge in [0.25, 0.3) is 0 Å². The van der Waals surface area contributed by atoms with E-state index in [1.54, 1.807) is 0 Å². The van der Waals surface area contributed by atoms with Crippen LogP contribution in [0.4, 0.5) is 0 Å². The van der Waals surface area contributed by atoms with Crippen molar-refractivity contribution in [3.05, 3.63) is 0 Å². The molecule has 0 rings (SSSR count). The SMILES string of the molecule is CCSCCCC(C(=O)O)C(C)C. The van der Waals surface area contributed by atoms with Crippen LogP contribution in [0.3, 0.4) is 0 Å². The van der Waals surface area contributed by atoms with Crippen molar-refractivity contribution in [3.63, 3.8) is 0 Å². The first-order valence-electron chi connectivity index (χ1n) is 4.90. The van der Waals surface area contributed by atoms with Crippen molar-refractivity contribution >= 4 is 17.7 Å². The lowest BCUT2D eigenvalue weighted by Gasteiger charge is -2.15. The summed E-state index contributed by atoms with van der Waals surface area (Å²) in [6.45, 7) is 6.08. The Morgan fingerprint density at radius 1 is 1.46 bits per heavy atom. The first-order chi connectivity index (χ1) is 6.09. The number of thioether (sulfide) groups is 1. The summed E-state index contributed by atoms with van der Waals surface area (Å²) in [4.78, 5) is 10.8. The molecule has 0 aliphatic heterocycles. The molecule has 0 radical (unpaired) electrons. The molecule has 0 saturated carbocycles. The molecule has 1 unspecified atom stereocenters. The minimum absolute atomic E-state index is 0.155. The number of carboxylic acids is 1. The van der Waals surface area contributed by atoms with Gasteiger partial charge >= 0.3 is 5.97 Å². The second kappa shape index (κ2) is 7.25. The molecular weight excluding hydrogens is 184 g/mol. The number of carbonyl (C=O) groups is 1. The standard InChI is InChI=1S/C10H20O2S/c1-4-13-7-5-6-9(8(2)3)10(11)12/h8-9H,4-7H2,1-3H3,(H,11,12). The highest BCUT2D eigenvalue weighted by atomic mass is 32.2. The molecule has 0 aromatic heterocycles. The highest BCUT2D eigenvalue weighted by Gasteiger charge is 2.20. The zero-order valence-corrected chi connectivity index (χ0v) is 9.56. The third-order valence-electron chi connectivity index (χ3n) is 2.13. The third kappa shape index (κ3) is 5.97. The number of carboxylic acid groups (broad SMARTS) is 1. The molecule has 0 bridgehead atoms. The van der Waals surface area contributed by atoms with E-state index in [-0.39, 0.29) is 11.8 Å². The molecule has 0 amide bonds. The van der Waals surface area contributed by atoms with Crippen LogP contribution in [0, 0.1) is 11.8 Å². The molecule has 0 aliphatic carbocycles. The van der Waals surface area contributed by atoms with E-state index in [9.17, 15) is 4.79 Å². The van der Waals surface area contributed by atoms with Gasteiger partial charge in [-0.3, -0.25) is 4.79 Å². The van der Waals surface area contributed by atoms with Gasteiger partial charge in [0.2, 0.25) is 0 Å². The Hall–Kier alpha value is -0.180. The summed E-state index contributed by atoms with van der Waals surface area (Å²) in [6, 6.07) is 0. The van der Waals surface area contributed by atoms with Gasteiger partial charge in [-0.25, -0.2) is 0 Å². The van der Waals surface area contributed by atoms with Crippen molar-refractivity contribution in [1.29, 1.82) is 0 Å². The lowest BCUT2D eigenvalue weighted by atomic mass is 9.92. The zero-order valence-electron chi connectivity index (χ0n) is 8.75. The maximum absolute atomic E-state index is 10.8. The van der Waals surface area contributed by atoms with Gasteiger partial charge < -0.3 is 5.11 Å². The van der Waals surface area contributed by atoms with Gasteiger partial charge in [-0.05, 0) is 30.3 Å². The van der Waals surface area contributed by atoms with Crippen LogP contribution in [0.1, 0.15) is 33.6 Å². The van der Waals surface area contributed by atoms with E-state index in [4.69, 9.17) is 5.11 Å². The number of rotatable bonds is 7. The van der Waals surface area contributed by atoms with Crippen LogP contribution in [-0.2, 0) is 4.79 Å². The molecule has 0 fully saturated rings. The van der Waals surface area contributed by atoms with Crippen LogP contribution in [0.2, 0.25) is 0 Å². The maximum atomic E-state index is 10.8. The van der Waals surface area contributed by atoms with Crippen molar-refractivity contribution in [1.82, 2.24) is 0 Å². The molecular formula is C10H20O2S. The number of aliphatic carboxylic acids is 1. The van der Waals surface area contributed by atoms with E-state index >= 15 is 0 Å². The molecule has 13 heavy (non-hydrogen) atoms. The quantitative estimate of drug-likeness (QED) is 0.648. The van der Waals surface area contributed by atoms with E-state index < -0.39 is 5.97 Å². The molecule has 1 N–H and O–H groups in total. The second-order valence-electron chi connectivity index (χ2n) is 3.53. The zero-order chi connectivity index (χ0) is 10.3. The summed E-state index contributed by atoms with van der Waals surface area (Å²) in [7, 11) is 0. The van der Waals surface area contributed by atoms with Crippen molar-refractivity contribution in [2.75, 3.05) is 11.5 Å². The predicted octanol–water partition coefficient (Wildman–Crippen LogP) is 2.88. The van der Waals surface area contributed by atoms with Crippen molar-refractivity contribution in [2.45, 2.75) is 33.6 Å². The number of hydrogen-bond acceptors (Lipinski definition) is 2. The van der Waals surface area contributed by atoms with E-state index in [2.05, 4.69) is 6.92 Å². The predicted molar refractivity (Wildman–Crippen MR) is 58.2 cm³/mol. The first kappa shape index (κ1) is 12.8. The molecule has 78 valence electrons. The summed E-state index contributed by atoms with van der Waals surface area (Å²) in [5.74, 6) is 1.67. The summed E-state index contributed by atoms with van der Waals surface area (Å²) in [5.41, 5.74) is 0. The summed E-state index contributed by atoms with van der Waals surface area (Å²) >= 11 is 1.88. The Balaban J connectivity index is 3.64. The molecule has 0 aromatic carbocycles. The molecule has 3 heteroatoms. The fourth-order valence-corrected chi connectivity index (χ4v) is 1.95. The Bertz CT molecular complexity index is 146. The summed E-state index contributed by atoms with van der Waals surface area (Å²) in [5, 5.41) is 8.89. The normalized spacial score (nSPS) is 13.2.